The van der Waals surface area contributed by atoms with Crippen LogP contribution in [-0.4, -0.2) is 36.6 Å². The average molecular weight is 284 g/mol. The fourth-order valence-corrected chi connectivity index (χ4v) is 4.32. The first-order valence-electron chi connectivity index (χ1n) is 8.83. The van der Waals surface area contributed by atoms with Crippen LogP contribution in [-0.2, 0) is 0 Å². The van der Waals surface area contributed by atoms with Crippen molar-refractivity contribution in [1.29, 1.82) is 0 Å². The normalized spacial score (nSPS) is 36.6. The molecule has 3 aliphatic rings. The topological polar surface area (TPSA) is 15.3 Å². The molecule has 1 aromatic carbocycles. The number of likely N-dealkylation sites (tertiary alicyclic amines) is 1. The van der Waals surface area contributed by atoms with E-state index in [0.29, 0.717) is 0 Å². The first-order chi connectivity index (χ1) is 10.3. The predicted molar refractivity (Wildman–Crippen MR) is 87.5 cm³/mol. The minimum Gasteiger partial charge on any atom is -0.313 e. The van der Waals surface area contributed by atoms with Gasteiger partial charge in [0, 0.05) is 18.6 Å². The molecule has 0 amide bonds. The molecule has 2 heteroatoms. The van der Waals surface area contributed by atoms with E-state index in [9.17, 15) is 0 Å². The minimum absolute atomic E-state index is 0.741. The Labute approximate surface area is 128 Å². The summed E-state index contributed by atoms with van der Waals surface area (Å²) in [5.41, 5.74) is 1.53. The summed E-state index contributed by atoms with van der Waals surface area (Å²) in [5.74, 6) is 2.46. The first-order valence-corrected chi connectivity index (χ1v) is 8.83. The Hall–Kier alpha value is -0.860. The Morgan fingerprint density at radius 3 is 2.67 bits per heavy atom. The highest BCUT2D eigenvalue weighted by atomic mass is 15.2. The lowest BCUT2D eigenvalue weighted by atomic mass is 9.67. The Bertz CT molecular complexity index is 468. The molecule has 4 rings (SSSR count). The summed E-state index contributed by atoms with van der Waals surface area (Å²) in [4.78, 5) is 2.73. The first kappa shape index (κ1) is 13.8. The number of hydrogen-bond acceptors (Lipinski definition) is 2. The summed E-state index contributed by atoms with van der Waals surface area (Å²) in [6.07, 6.45) is 5.65. The summed E-state index contributed by atoms with van der Waals surface area (Å²) in [6.45, 7) is 6.36. The molecule has 0 unspecified atom stereocenters. The van der Waals surface area contributed by atoms with Gasteiger partial charge in [-0.25, -0.2) is 0 Å². The molecule has 1 heterocycles. The summed E-state index contributed by atoms with van der Waals surface area (Å²) in [6, 6.07) is 12.8. The highest BCUT2D eigenvalue weighted by Gasteiger charge is 2.39. The van der Waals surface area contributed by atoms with Gasteiger partial charge in [-0.3, -0.25) is 0 Å². The van der Waals surface area contributed by atoms with Gasteiger partial charge < -0.3 is 10.2 Å². The number of nitrogens with zero attached hydrogens (tertiary/aromatic N) is 1. The van der Waals surface area contributed by atoms with Crippen LogP contribution in [0.4, 0.5) is 0 Å². The van der Waals surface area contributed by atoms with Crippen molar-refractivity contribution in [3.8, 4) is 0 Å². The minimum atomic E-state index is 0.741. The maximum Gasteiger partial charge on any atom is 0.0105 e. The van der Waals surface area contributed by atoms with Gasteiger partial charge in [-0.2, -0.15) is 0 Å². The molecule has 0 radical (unpaired) electrons. The highest BCUT2D eigenvalue weighted by Crippen LogP contribution is 2.42. The molecule has 21 heavy (non-hydrogen) atoms. The molecule has 2 saturated carbocycles. The monoisotopic (exact) mass is 284 g/mol. The molecular weight excluding hydrogens is 256 g/mol. The van der Waals surface area contributed by atoms with Gasteiger partial charge in [0.1, 0.15) is 0 Å². The summed E-state index contributed by atoms with van der Waals surface area (Å²) in [5, 5.41) is 3.86. The molecule has 1 N–H and O–H groups in total. The highest BCUT2D eigenvalue weighted by molar-refractivity contribution is 5.24. The Morgan fingerprint density at radius 2 is 1.95 bits per heavy atom. The summed E-state index contributed by atoms with van der Waals surface area (Å²) in [7, 11) is 0. The maximum absolute atomic E-state index is 3.86. The van der Waals surface area contributed by atoms with Gasteiger partial charge >= 0.3 is 0 Å². The van der Waals surface area contributed by atoms with Crippen molar-refractivity contribution >= 4 is 0 Å². The van der Waals surface area contributed by atoms with Gasteiger partial charge in [-0.05, 0) is 62.1 Å². The lowest BCUT2D eigenvalue weighted by molar-refractivity contribution is 0.177. The quantitative estimate of drug-likeness (QED) is 0.893. The van der Waals surface area contributed by atoms with E-state index < -0.39 is 0 Å². The van der Waals surface area contributed by atoms with E-state index >= 15 is 0 Å². The standard InChI is InChI=1S/C19H28N2/c1-14-18(16-5-3-2-4-6-16)11-19(14)20-12-15-9-10-21(13-15)17-7-8-17/h2-6,14-15,17-20H,7-13H2,1H3/t14-,15-,18+,19+/m0/s1. The number of hydrogen-bond donors (Lipinski definition) is 1. The van der Waals surface area contributed by atoms with Gasteiger partial charge in [0.2, 0.25) is 0 Å². The molecule has 114 valence electrons. The molecule has 4 atom stereocenters. The lowest BCUT2D eigenvalue weighted by Crippen LogP contribution is -2.49. The molecule has 1 aromatic rings. The second kappa shape index (κ2) is 5.73. The molecule has 0 aromatic heterocycles. The average Bonchev–Trinajstić information content (AvgIpc) is 3.26. The van der Waals surface area contributed by atoms with Gasteiger partial charge in [-0.15, -0.1) is 0 Å². The van der Waals surface area contributed by atoms with Crippen LogP contribution >= 0.6 is 0 Å². The van der Waals surface area contributed by atoms with Crippen molar-refractivity contribution in [2.24, 2.45) is 11.8 Å². The fraction of sp³-hybridized carbons (Fsp3) is 0.684. The van der Waals surface area contributed by atoms with Gasteiger partial charge in [0.05, 0.1) is 0 Å². The van der Waals surface area contributed by atoms with Crippen LogP contribution < -0.4 is 5.32 Å². The largest absolute Gasteiger partial charge is 0.313 e. The van der Waals surface area contributed by atoms with Gasteiger partial charge in [0.15, 0.2) is 0 Å². The lowest BCUT2D eigenvalue weighted by Gasteiger charge is -2.44. The van der Waals surface area contributed by atoms with Crippen LogP contribution in [0, 0.1) is 11.8 Å². The third-order valence-electron chi connectivity index (χ3n) is 6.05. The summed E-state index contributed by atoms with van der Waals surface area (Å²) >= 11 is 0. The van der Waals surface area contributed by atoms with Crippen LogP contribution in [0.15, 0.2) is 30.3 Å². The van der Waals surface area contributed by atoms with Crippen molar-refractivity contribution in [3.63, 3.8) is 0 Å². The third kappa shape index (κ3) is 2.89. The molecule has 0 bridgehead atoms. The number of benzene rings is 1. The maximum atomic E-state index is 3.86. The molecule has 0 spiro atoms. The number of nitrogens with one attached hydrogen (secondary N) is 1. The SMILES string of the molecule is C[C@@H]1[C@H](NC[C@@H]2CCN(C3CC3)C2)C[C@H]1c1ccccc1. The predicted octanol–water partition coefficient (Wildman–Crippen LogP) is 3.25. The Kier molecular flexibility index (Phi) is 3.76. The van der Waals surface area contributed by atoms with E-state index in [1.165, 1.54) is 50.9 Å². The zero-order valence-corrected chi connectivity index (χ0v) is 13.2. The summed E-state index contributed by atoms with van der Waals surface area (Å²) < 4.78 is 0. The van der Waals surface area contributed by atoms with E-state index in [1.807, 2.05) is 0 Å². The van der Waals surface area contributed by atoms with Crippen LogP contribution in [0.5, 0.6) is 0 Å². The van der Waals surface area contributed by atoms with E-state index in [4.69, 9.17) is 0 Å². The second-order valence-corrected chi connectivity index (χ2v) is 7.51. The van der Waals surface area contributed by atoms with Crippen molar-refractivity contribution in [2.45, 2.75) is 50.6 Å². The van der Waals surface area contributed by atoms with Gasteiger partial charge in [-0.1, -0.05) is 37.3 Å². The van der Waals surface area contributed by atoms with E-state index in [0.717, 1.165) is 29.8 Å². The Balaban J connectivity index is 1.22. The van der Waals surface area contributed by atoms with Crippen LogP contribution in [0.1, 0.15) is 44.1 Å². The van der Waals surface area contributed by atoms with E-state index in [-0.39, 0.29) is 0 Å². The molecule has 1 saturated heterocycles. The van der Waals surface area contributed by atoms with Crippen LogP contribution in [0.25, 0.3) is 0 Å². The van der Waals surface area contributed by atoms with Crippen molar-refractivity contribution < 1.29 is 0 Å². The van der Waals surface area contributed by atoms with Crippen LogP contribution in [0.3, 0.4) is 0 Å². The van der Waals surface area contributed by atoms with Crippen molar-refractivity contribution in [1.82, 2.24) is 10.2 Å². The van der Waals surface area contributed by atoms with Crippen LogP contribution in [0.2, 0.25) is 0 Å². The molecule has 3 fully saturated rings. The van der Waals surface area contributed by atoms with E-state index in [2.05, 4.69) is 47.5 Å². The molecular formula is C19H28N2. The third-order valence-corrected chi connectivity index (χ3v) is 6.05. The smallest absolute Gasteiger partial charge is 0.0105 e. The molecule has 2 nitrogen and oxygen atoms in total. The zero-order chi connectivity index (χ0) is 14.2. The van der Waals surface area contributed by atoms with Crippen molar-refractivity contribution in [3.05, 3.63) is 35.9 Å². The van der Waals surface area contributed by atoms with E-state index in [1.54, 1.807) is 0 Å². The fourth-order valence-electron chi connectivity index (χ4n) is 4.32. The number of rotatable bonds is 5. The van der Waals surface area contributed by atoms with Crippen molar-refractivity contribution in [2.75, 3.05) is 19.6 Å². The second-order valence-electron chi connectivity index (χ2n) is 7.51. The zero-order valence-electron chi connectivity index (χ0n) is 13.2. The Morgan fingerprint density at radius 1 is 1.14 bits per heavy atom. The molecule has 1 aliphatic heterocycles. The molecule has 2 aliphatic carbocycles. The van der Waals surface area contributed by atoms with Gasteiger partial charge in [0.25, 0.3) is 0 Å².